The largest absolute Gasteiger partial charge is 0.495 e. The number of halogens is 2. The maximum Gasteiger partial charge on any atom is 0.238 e. The van der Waals surface area contributed by atoms with Gasteiger partial charge in [-0.2, -0.15) is 0 Å². The van der Waals surface area contributed by atoms with Gasteiger partial charge in [0.25, 0.3) is 0 Å². The number of nitrogens with one attached hydrogen (secondary N) is 1. The first-order valence-corrected chi connectivity index (χ1v) is 9.10. The molecule has 24 heavy (non-hydrogen) atoms. The van der Waals surface area contributed by atoms with Crippen LogP contribution in [0.25, 0.3) is 0 Å². The molecule has 2 aromatic rings. The van der Waals surface area contributed by atoms with Crippen molar-refractivity contribution < 1.29 is 14.3 Å². The summed E-state index contributed by atoms with van der Waals surface area (Å²) in [5.74, 6) is 0.842. The summed E-state index contributed by atoms with van der Waals surface area (Å²) in [7, 11) is 4.95. The highest BCUT2D eigenvalue weighted by Crippen LogP contribution is 2.35. The molecule has 0 aliphatic rings. The van der Waals surface area contributed by atoms with Gasteiger partial charge in [-0.25, -0.2) is 0 Å². The molecular weight excluding hydrogens is 416 g/mol. The van der Waals surface area contributed by atoms with E-state index < -0.39 is 0 Å². The van der Waals surface area contributed by atoms with Crippen molar-refractivity contribution in [1.82, 2.24) is 4.90 Å². The second kappa shape index (κ2) is 8.71. The van der Waals surface area contributed by atoms with E-state index in [1.165, 1.54) is 19.1 Å². The Morgan fingerprint density at radius 1 is 1.29 bits per heavy atom. The molecule has 0 unspecified atom stereocenters. The molecule has 0 radical (unpaired) electrons. The molecule has 0 saturated carbocycles. The molecule has 1 N–H and O–H groups in total. The van der Waals surface area contributed by atoms with Gasteiger partial charge in [0.05, 0.1) is 31.5 Å². The maximum absolute atomic E-state index is 12.3. The number of likely N-dealkylation sites (N-methyl/N-ethyl adjacent to an activating group) is 1. The van der Waals surface area contributed by atoms with Crippen LogP contribution in [0.5, 0.6) is 11.5 Å². The number of hydrogen-bond acceptors (Lipinski definition) is 5. The average Bonchev–Trinajstić information content (AvgIpc) is 2.92. The number of amides is 1. The van der Waals surface area contributed by atoms with Gasteiger partial charge in [-0.05, 0) is 35.1 Å². The zero-order valence-electron chi connectivity index (χ0n) is 13.6. The SMILES string of the molecule is COc1cc(OC)c(NC(=O)CN(C)Cc2cc(Br)cs2)cc1Cl. The van der Waals surface area contributed by atoms with Gasteiger partial charge in [-0.3, -0.25) is 9.69 Å². The smallest absolute Gasteiger partial charge is 0.238 e. The van der Waals surface area contributed by atoms with E-state index in [-0.39, 0.29) is 12.5 Å². The number of carbonyl (C=O) groups excluding carboxylic acids is 1. The molecule has 0 fully saturated rings. The Kier molecular flexibility index (Phi) is 6.91. The number of thiophene rings is 1. The normalized spacial score (nSPS) is 10.8. The van der Waals surface area contributed by atoms with E-state index in [9.17, 15) is 4.79 Å². The van der Waals surface area contributed by atoms with Crippen LogP contribution in [0.4, 0.5) is 5.69 Å². The zero-order chi connectivity index (χ0) is 17.7. The minimum Gasteiger partial charge on any atom is -0.495 e. The van der Waals surface area contributed by atoms with Crippen LogP contribution in [0.3, 0.4) is 0 Å². The summed E-state index contributed by atoms with van der Waals surface area (Å²) >= 11 is 11.2. The summed E-state index contributed by atoms with van der Waals surface area (Å²) in [6.45, 7) is 0.951. The second-order valence-electron chi connectivity index (χ2n) is 5.14. The number of nitrogens with zero attached hydrogens (tertiary/aromatic N) is 1. The lowest BCUT2D eigenvalue weighted by atomic mass is 10.2. The Labute approximate surface area is 158 Å². The molecule has 0 saturated heterocycles. The molecule has 1 amide bonds. The lowest BCUT2D eigenvalue weighted by Crippen LogP contribution is -2.29. The summed E-state index contributed by atoms with van der Waals surface area (Å²) in [6.07, 6.45) is 0. The Balaban J connectivity index is 2.00. The third kappa shape index (κ3) is 5.11. The van der Waals surface area contributed by atoms with Crippen LogP contribution in [0.2, 0.25) is 5.02 Å². The number of benzene rings is 1. The molecule has 0 aliphatic heterocycles. The third-order valence-electron chi connectivity index (χ3n) is 3.21. The Hall–Kier alpha value is -1.28. The Bertz CT molecular complexity index is 723. The van der Waals surface area contributed by atoms with Crippen molar-refractivity contribution >= 4 is 50.5 Å². The first-order valence-electron chi connectivity index (χ1n) is 7.05. The van der Waals surface area contributed by atoms with E-state index in [0.717, 1.165) is 4.47 Å². The fraction of sp³-hybridized carbons (Fsp3) is 0.312. The molecule has 1 aromatic carbocycles. The minimum atomic E-state index is -0.146. The monoisotopic (exact) mass is 432 g/mol. The van der Waals surface area contributed by atoms with Crippen molar-refractivity contribution in [3.05, 3.63) is 38.0 Å². The van der Waals surface area contributed by atoms with E-state index >= 15 is 0 Å². The van der Waals surface area contributed by atoms with Crippen LogP contribution in [-0.4, -0.2) is 38.6 Å². The molecule has 1 aromatic heterocycles. The zero-order valence-corrected chi connectivity index (χ0v) is 16.7. The van der Waals surface area contributed by atoms with Crippen LogP contribution < -0.4 is 14.8 Å². The van der Waals surface area contributed by atoms with Gasteiger partial charge in [-0.15, -0.1) is 11.3 Å². The average molecular weight is 434 g/mol. The number of hydrogen-bond donors (Lipinski definition) is 1. The van der Waals surface area contributed by atoms with Gasteiger partial charge in [0.15, 0.2) is 0 Å². The van der Waals surface area contributed by atoms with E-state index in [1.54, 1.807) is 23.5 Å². The molecule has 0 atom stereocenters. The van der Waals surface area contributed by atoms with Gasteiger partial charge in [-0.1, -0.05) is 11.6 Å². The highest BCUT2D eigenvalue weighted by molar-refractivity contribution is 9.10. The van der Waals surface area contributed by atoms with Crippen molar-refractivity contribution in [2.45, 2.75) is 6.54 Å². The van der Waals surface area contributed by atoms with Crippen molar-refractivity contribution in [2.75, 3.05) is 33.1 Å². The van der Waals surface area contributed by atoms with Gasteiger partial charge >= 0.3 is 0 Å². The molecule has 0 bridgehead atoms. The van der Waals surface area contributed by atoms with Crippen LogP contribution in [0.15, 0.2) is 28.1 Å². The quantitative estimate of drug-likeness (QED) is 0.709. The first kappa shape index (κ1) is 19.1. The highest BCUT2D eigenvalue weighted by Gasteiger charge is 2.14. The van der Waals surface area contributed by atoms with Crippen LogP contribution >= 0.6 is 38.9 Å². The number of carbonyl (C=O) groups is 1. The number of ether oxygens (including phenoxy) is 2. The summed E-state index contributed by atoms with van der Waals surface area (Å²) in [4.78, 5) is 15.4. The molecule has 8 heteroatoms. The van der Waals surface area contributed by atoms with Crippen molar-refractivity contribution in [2.24, 2.45) is 0 Å². The standard InChI is InChI=1S/C16H18BrClN2O3S/c1-20(7-11-4-10(17)9-24-11)8-16(21)19-13-5-12(18)14(22-2)6-15(13)23-3/h4-6,9H,7-8H2,1-3H3,(H,19,21). The summed E-state index contributed by atoms with van der Waals surface area (Å²) < 4.78 is 11.5. The Morgan fingerprint density at radius 3 is 2.58 bits per heavy atom. The van der Waals surface area contributed by atoms with Crippen LogP contribution in [-0.2, 0) is 11.3 Å². The first-order chi connectivity index (χ1) is 11.4. The Morgan fingerprint density at radius 2 is 2.00 bits per heavy atom. The maximum atomic E-state index is 12.3. The van der Waals surface area contributed by atoms with Crippen molar-refractivity contribution in [3.63, 3.8) is 0 Å². The van der Waals surface area contributed by atoms with E-state index in [2.05, 4.69) is 21.2 Å². The predicted octanol–water partition coefficient (Wildman–Crippen LogP) is 4.25. The number of methoxy groups -OCH3 is 2. The van der Waals surface area contributed by atoms with E-state index in [0.29, 0.717) is 28.8 Å². The van der Waals surface area contributed by atoms with Gasteiger partial charge in [0.1, 0.15) is 11.5 Å². The molecule has 2 rings (SSSR count). The second-order valence-corrected chi connectivity index (χ2v) is 7.46. The fourth-order valence-corrected chi connectivity index (χ4v) is 3.92. The van der Waals surface area contributed by atoms with Crippen molar-refractivity contribution in [3.8, 4) is 11.5 Å². The summed E-state index contributed by atoms with van der Waals surface area (Å²) in [5, 5.41) is 5.25. The minimum absolute atomic E-state index is 0.146. The van der Waals surface area contributed by atoms with Crippen LogP contribution in [0.1, 0.15) is 4.88 Å². The molecule has 130 valence electrons. The topological polar surface area (TPSA) is 50.8 Å². The molecule has 0 aliphatic carbocycles. The van der Waals surface area contributed by atoms with Gasteiger partial charge < -0.3 is 14.8 Å². The highest BCUT2D eigenvalue weighted by atomic mass is 79.9. The van der Waals surface area contributed by atoms with Gasteiger partial charge in [0, 0.05) is 27.3 Å². The molecule has 1 heterocycles. The number of anilines is 1. The molecule has 0 spiro atoms. The van der Waals surface area contributed by atoms with E-state index in [1.807, 2.05) is 23.4 Å². The van der Waals surface area contributed by atoms with Crippen molar-refractivity contribution in [1.29, 1.82) is 0 Å². The lowest BCUT2D eigenvalue weighted by Gasteiger charge is -2.17. The van der Waals surface area contributed by atoms with Gasteiger partial charge in [0.2, 0.25) is 5.91 Å². The fourth-order valence-electron chi connectivity index (χ4n) is 2.15. The number of rotatable bonds is 7. The lowest BCUT2D eigenvalue weighted by molar-refractivity contribution is -0.117. The molecular formula is C16H18BrClN2O3S. The van der Waals surface area contributed by atoms with Crippen LogP contribution in [0, 0.1) is 0 Å². The third-order valence-corrected chi connectivity index (χ3v) is 5.19. The summed E-state index contributed by atoms with van der Waals surface area (Å²) in [5.41, 5.74) is 0.514. The predicted molar refractivity (Wildman–Crippen MR) is 102 cm³/mol. The molecule has 5 nitrogen and oxygen atoms in total. The summed E-state index contributed by atoms with van der Waals surface area (Å²) in [6, 6.07) is 5.31. The van der Waals surface area contributed by atoms with E-state index in [4.69, 9.17) is 21.1 Å².